The van der Waals surface area contributed by atoms with Crippen molar-refractivity contribution in [3.05, 3.63) is 24.0 Å². The summed E-state index contributed by atoms with van der Waals surface area (Å²) < 4.78 is 0. The molecule has 2 rings (SSSR count). The van der Waals surface area contributed by atoms with Gasteiger partial charge in [-0.25, -0.2) is 0 Å². The number of nitrogens with two attached hydrogens (primary N) is 1. The third kappa shape index (κ3) is 3.44. The molecule has 0 atom stereocenters. The van der Waals surface area contributed by atoms with E-state index in [1.54, 1.807) is 6.20 Å². The molecule has 3 N–H and O–H groups in total. The normalized spacial score (nSPS) is 16.9. The molecular weight excluding hydrogens is 238 g/mol. The van der Waals surface area contributed by atoms with Crippen LogP contribution in [0.4, 0.5) is 5.69 Å². The average molecular weight is 261 g/mol. The molecule has 0 aliphatic carbocycles. The Morgan fingerprint density at radius 3 is 2.74 bits per heavy atom. The second-order valence-electron chi connectivity index (χ2n) is 5.50. The number of nitrogens with zero attached hydrogens (tertiary/aromatic N) is 3. The van der Waals surface area contributed by atoms with Gasteiger partial charge in [0.15, 0.2) is 0 Å². The minimum absolute atomic E-state index is 0.118. The molecule has 0 aromatic carbocycles. The van der Waals surface area contributed by atoms with Crippen molar-refractivity contribution in [2.24, 2.45) is 11.7 Å². The lowest BCUT2D eigenvalue weighted by molar-refractivity contribution is 0.285. The summed E-state index contributed by atoms with van der Waals surface area (Å²) in [5, 5.41) is 7.64. The Morgan fingerprint density at radius 2 is 2.16 bits per heavy atom. The number of nitrogen functional groups attached to an aromatic ring is 1. The van der Waals surface area contributed by atoms with Crippen molar-refractivity contribution in [1.82, 2.24) is 9.88 Å². The van der Waals surface area contributed by atoms with E-state index in [-0.39, 0.29) is 5.84 Å². The van der Waals surface area contributed by atoms with Crippen molar-refractivity contribution < 1.29 is 0 Å². The fourth-order valence-electron chi connectivity index (χ4n) is 2.74. The third-order valence-electron chi connectivity index (χ3n) is 3.67. The minimum Gasteiger partial charge on any atom is -0.384 e. The molecule has 1 aliphatic rings. The van der Waals surface area contributed by atoms with Gasteiger partial charge in [0.05, 0.1) is 11.9 Å². The van der Waals surface area contributed by atoms with Gasteiger partial charge in [-0.1, -0.05) is 0 Å². The van der Waals surface area contributed by atoms with Crippen LogP contribution in [0.25, 0.3) is 0 Å². The SMILES string of the molecule is CN(C)CC1CCN(c2cnccc2C(=N)N)CC1. The zero-order valence-corrected chi connectivity index (χ0v) is 11.8. The van der Waals surface area contributed by atoms with E-state index in [2.05, 4.69) is 28.9 Å². The fraction of sp³-hybridized carbons (Fsp3) is 0.571. The molecule has 19 heavy (non-hydrogen) atoms. The Labute approximate surface area is 114 Å². The summed E-state index contributed by atoms with van der Waals surface area (Å²) >= 11 is 0. The monoisotopic (exact) mass is 261 g/mol. The molecule has 1 aliphatic heterocycles. The van der Waals surface area contributed by atoms with Crippen LogP contribution in [0.5, 0.6) is 0 Å². The van der Waals surface area contributed by atoms with Crippen LogP contribution in [0.2, 0.25) is 0 Å². The van der Waals surface area contributed by atoms with Crippen molar-refractivity contribution in [2.45, 2.75) is 12.8 Å². The van der Waals surface area contributed by atoms with Crippen LogP contribution < -0.4 is 10.6 Å². The van der Waals surface area contributed by atoms with E-state index in [0.29, 0.717) is 0 Å². The first-order valence-corrected chi connectivity index (χ1v) is 6.76. The van der Waals surface area contributed by atoms with Gasteiger partial charge in [-0.05, 0) is 38.9 Å². The van der Waals surface area contributed by atoms with Gasteiger partial charge in [-0.15, -0.1) is 0 Å². The molecule has 0 unspecified atom stereocenters. The first-order valence-electron chi connectivity index (χ1n) is 6.76. The quantitative estimate of drug-likeness (QED) is 0.630. The lowest BCUT2D eigenvalue weighted by Crippen LogP contribution is -2.38. The molecule has 0 saturated carbocycles. The van der Waals surface area contributed by atoms with Gasteiger partial charge in [0.25, 0.3) is 0 Å². The van der Waals surface area contributed by atoms with E-state index in [1.165, 1.54) is 12.8 Å². The fourth-order valence-corrected chi connectivity index (χ4v) is 2.74. The highest BCUT2D eigenvalue weighted by molar-refractivity contribution is 6.00. The lowest BCUT2D eigenvalue weighted by Gasteiger charge is -2.35. The summed E-state index contributed by atoms with van der Waals surface area (Å²) in [7, 11) is 4.25. The van der Waals surface area contributed by atoms with Crippen molar-refractivity contribution in [3.63, 3.8) is 0 Å². The summed E-state index contributed by atoms with van der Waals surface area (Å²) in [4.78, 5) is 8.73. The standard InChI is InChI=1S/C14H23N5/c1-18(2)10-11-4-7-19(8-5-11)13-9-17-6-3-12(13)14(15)16/h3,6,9,11H,4-5,7-8,10H2,1-2H3,(H3,15,16). The molecule has 104 valence electrons. The van der Waals surface area contributed by atoms with Crippen LogP contribution in [0.1, 0.15) is 18.4 Å². The van der Waals surface area contributed by atoms with Crippen molar-refractivity contribution in [1.29, 1.82) is 5.41 Å². The molecule has 1 saturated heterocycles. The topological polar surface area (TPSA) is 69.2 Å². The zero-order chi connectivity index (χ0) is 13.8. The average Bonchev–Trinajstić information content (AvgIpc) is 2.39. The molecule has 1 fully saturated rings. The summed E-state index contributed by atoms with van der Waals surface area (Å²) in [6, 6.07) is 1.82. The van der Waals surface area contributed by atoms with Gasteiger partial charge in [0.1, 0.15) is 5.84 Å². The number of hydrogen-bond donors (Lipinski definition) is 2. The minimum atomic E-state index is 0.118. The van der Waals surface area contributed by atoms with Crippen LogP contribution in [0.15, 0.2) is 18.5 Å². The molecule has 5 heteroatoms. The summed E-state index contributed by atoms with van der Waals surface area (Å²) in [5.41, 5.74) is 7.43. The number of amidine groups is 1. The number of aromatic nitrogens is 1. The molecule has 1 aromatic heterocycles. The Balaban J connectivity index is 2.04. The van der Waals surface area contributed by atoms with Crippen molar-refractivity contribution >= 4 is 11.5 Å². The van der Waals surface area contributed by atoms with E-state index in [9.17, 15) is 0 Å². The van der Waals surface area contributed by atoms with Crippen LogP contribution in [-0.2, 0) is 0 Å². The number of pyridine rings is 1. The lowest BCUT2D eigenvalue weighted by atomic mass is 9.95. The van der Waals surface area contributed by atoms with E-state index < -0.39 is 0 Å². The first-order chi connectivity index (χ1) is 9.08. The van der Waals surface area contributed by atoms with Crippen molar-refractivity contribution in [2.75, 3.05) is 38.6 Å². The van der Waals surface area contributed by atoms with Gasteiger partial charge in [-0.2, -0.15) is 0 Å². The molecule has 0 radical (unpaired) electrons. The Bertz CT molecular complexity index is 435. The Hall–Kier alpha value is -1.62. The number of rotatable bonds is 4. The van der Waals surface area contributed by atoms with Crippen molar-refractivity contribution in [3.8, 4) is 0 Å². The second-order valence-corrected chi connectivity index (χ2v) is 5.50. The van der Waals surface area contributed by atoms with E-state index >= 15 is 0 Å². The number of piperidine rings is 1. The smallest absolute Gasteiger partial charge is 0.125 e. The number of hydrogen-bond acceptors (Lipinski definition) is 4. The Kier molecular flexibility index (Phi) is 4.37. The first kappa shape index (κ1) is 13.8. The molecule has 5 nitrogen and oxygen atoms in total. The predicted molar refractivity (Wildman–Crippen MR) is 78.7 cm³/mol. The van der Waals surface area contributed by atoms with E-state index in [1.807, 2.05) is 12.3 Å². The predicted octanol–water partition coefficient (Wildman–Crippen LogP) is 1.14. The zero-order valence-electron chi connectivity index (χ0n) is 11.8. The molecule has 2 heterocycles. The summed E-state index contributed by atoms with van der Waals surface area (Å²) in [6.07, 6.45) is 5.89. The van der Waals surface area contributed by atoms with Gasteiger partial charge >= 0.3 is 0 Å². The number of anilines is 1. The maximum absolute atomic E-state index is 7.64. The molecule has 0 bridgehead atoms. The highest BCUT2D eigenvalue weighted by atomic mass is 15.1. The van der Waals surface area contributed by atoms with Gasteiger partial charge in [0, 0.05) is 31.4 Å². The van der Waals surface area contributed by atoms with Crippen LogP contribution in [0.3, 0.4) is 0 Å². The molecule has 0 spiro atoms. The van der Waals surface area contributed by atoms with Gasteiger partial charge in [-0.3, -0.25) is 10.4 Å². The second kappa shape index (κ2) is 6.02. The largest absolute Gasteiger partial charge is 0.384 e. The summed E-state index contributed by atoms with van der Waals surface area (Å²) in [5.74, 6) is 0.886. The van der Waals surface area contributed by atoms with E-state index in [4.69, 9.17) is 11.1 Å². The van der Waals surface area contributed by atoms with Gasteiger partial charge < -0.3 is 15.5 Å². The number of nitrogens with one attached hydrogen (secondary N) is 1. The molecule has 1 aromatic rings. The van der Waals surface area contributed by atoms with Crippen LogP contribution >= 0.6 is 0 Å². The van der Waals surface area contributed by atoms with Crippen LogP contribution in [-0.4, -0.2) is 49.4 Å². The molecular formula is C14H23N5. The highest BCUT2D eigenvalue weighted by Gasteiger charge is 2.22. The highest BCUT2D eigenvalue weighted by Crippen LogP contribution is 2.25. The van der Waals surface area contributed by atoms with Crippen LogP contribution in [0, 0.1) is 11.3 Å². The maximum atomic E-state index is 7.64. The van der Waals surface area contributed by atoms with Gasteiger partial charge in [0.2, 0.25) is 0 Å². The third-order valence-corrected chi connectivity index (χ3v) is 3.67. The molecule has 0 amide bonds. The van der Waals surface area contributed by atoms with E-state index in [0.717, 1.165) is 36.8 Å². The Morgan fingerprint density at radius 1 is 1.47 bits per heavy atom. The maximum Gasteiger partial charge on any atom is 0.125 e. The summed E-state index contributed by atoms with van der Waals surface area (Å²) in [6.45, 7) is 3.19.